The number of rotatable bonds is 4. The number of nitrogens with one attached hydrogen (secondary N) is 1. The van der Waals surface area contributed by atoms with Crippen molar-refractivity contribution in [3.8, 4) is 5.82 Å². The summed E-state index contributed by atoms with van der Waals surface area (Å²) >= 11 is 6.39. The lowest BCUT2D eigenvalue weighted by atomic mass is 10.2. The van der Waals surface area contributed by atoms with E-state index in [1.54, 1.807) is 17.1 Å². The van der Waals surface area contributed by atoms with E-state index < -0.39 is 0 Å². The van der Waals surface area contributed by atoms with Gasteiger partial charge in [-0.25, -0.2) is 9.67 Å². The van der Waals surface area contributed by atoms with Gasteiger partial charge in [-0.1, -0.05) is 29.8 Å². The molecule has 2 aromatic heterocycles. The van der Waals surface area contributed by atoms with Crippen LogP contribution in [0.4, 0.5) is 17.3 Å². The Hall–Kier alpha value is -3.16. The van der Waals surface area contributed by atoms with E-state index in [2.05, 4.69) is 61.5 Å². The van der Waals surface area contributed by atoms with Crippen molar-refractivity contribution in [1.82, 2.24) is 24.6 Å². The molecule has 0 bridgehead atoms. The predicted octanol–water partition coefficient (Wildman–Crippen LogP) is 3.96. The number of piperazine rings is 1. The molecule has 152 valence electrons. The van der Waals surface area contributed by atoms with Crippen molar-refractivity contribution in [2.75, 3.05) is 43.4 Å². The first-order chi connectivity index (χ1) is 14.7. The molecule has 1 aliphatic rings. The summed E-state index contributed by atoms with van der Waals surface area (Å²) in [5, 5.41) is 9.19. The number of para-hydroxylation sites is 1. The molecule has 0 amide bonds. The lowest BCUT2D eigenvalue weighted by molar-refractivity contribution is 0.313. The molecule has 0 unspecified atom stereocenters. The molecule has 2 aromatic carbocycles. The zero-order chi connectivity index (χ0) is 20.5. The third-order valence-electron chi connectivity index (χ3n) is 5.40. The highest BCUT2D eigenvalue weighted by atomic mass is 35.5. The quantitative estimate of drug-likeness (QED) is 0.540. The first-order valence-corrected chi connectivity index (χ1v) is 10.3. The molecule has 0 radical (unpaired) electrons. The highest BCUT2D eigenvalue weighted by Gasteiger charge is 2.15. The largest absolute Gasteiger partial charge is 0.369 e. The van der Waals surface area contributed by atoms with Crippen molar-refractivity contribution < 1.29 is 0 Å². The zero-order valence-electron chi connectivity index (χ0n) is 16.7. The summed E-state index contributed by atoms with van der Waals surface area (Å²) < 4.78 is 1.74. The minimum absolute atomic E-state index is 0.444. The van der Waals surface area contributed by atoms with Crippen molar-refractivity contribution in [1.29, 1.82) is 0 Å². The zero-order valence-corrected chi connectivity index (χ0v) is 17.4. The normalized spacial score (nSPS) is 14.9. The van der Waals surface area contributed by atoms with Crippen LogP contribution < -0.4 is 10.2 Å². The van der Waals surface area contributed by atoms with Gasteiger partial charge in [-0.2, -0.15) is 10.1 Å². The summed E-state index contributed by atoms with van der Waals surface area (Å²) in [6, 6.07) is 16.3. The fourth-order valence-corrected chi connectivity index (χ4v) is 3.83. The number of benzene rings is 2. The molecule has 4 aromatic rings. The second-order valence-electron chi connectivity index (χ2n) is 7.44. The van der Waals surface area contributed by atoms with E-state index in [-0.39, 0.29) is 0 Å². The first-order valence-electron chi connectivity index (χ1n) is 9.94. The van der Waals surface area contributed by atoms with Gasteiger partial charge >= 0.3 is 0 Å². The Bertz CT molecular complexity index is 1160. The van der Waals surface area contributed by atoms with Gasteiger partial charge in [0.25, 0.3) is 0 Å². The molecule has 0 saturated carbocycles. The second-order valence-corrected chi connectivity index (χ2v) is 7.85. The Kier molecular flexibility index (Phi) is 4.98. The van der Waals surface area contributed by atoms with E-state index in [4.69, 9.17) is 11.6 Å². The van der Waals surface area contributed by atoms with E-state index >= 15 is 0 Å². The smallest absolute Gasteiger partial charge is 0.229 e. The van der Waals surface area contributed by atoms with E-state index in [0.717, 1.165) is 42.8 Å². The monoisotopic (exact) mass is 419 g/mol. The summed E-state index contributed by atoms with van der Waals surface area (Å²) in [6.07, 6.45) is 3.40. The van der Waals surface area contributed by atoms with Crippen LogP contribution in [0, 0.1) is 0 Å². The van der Waals surface area contributed by atoms with Crippen molar-refractivity contribution in [3.05, 3.63) is 65.9 Å². The Morgan fingerprint density at radius 3 is 2.50 bits per heavy atom. The summed E-state index contributed by atoms with van der Waals surface area (Å²) in [5.74, 6) is 1.02. The van der Waals surface area contributed by atoms with Gasteiger partial charge < -0.3 is 15.1 Å². The molecule has 0 aliphatic carbocycles. The molecule has 1 fully saturated rings. The molecule has 7 nitrogen and oxygen atoms in total. The molecular formula is C22H22ClN7. The van der Waals surface area contributed by atoms with Gasteiger partial charge in [0.2, 0.25) is 5.95 Å². The fraction of sp³-hybridized carbons (Fsp3) is 0.227. The molecule has 0 spiro atoms. The van der Waals surface area contributed by atoms with Gasteiger partial charge in [0.15, 0.2) is 5.82 Å². The van der Waals surface area contributed by atoms with Crippen molar-refractivity contribution in [2.45, 2.75) is 0 Å². The van der Waals surface area contributed by atoms with Crippen molar-refractivity contribution in [3.63, 3.8) is 0 Å². The number of hydrogen-bond donors (Lipinski definition) is 1. The van der Waals surface area contributed by atoms with Crippen molar-refractivity contribution >= 4 is 39.8 Å². The SMILES string of the molecule is CN1CCN(c2ccc(Nc3ncc(Cl)c(-n4ncc5ccccc54)n3)cc2)CC1. The fourth-order valence-electron chi connectivity index (χ4n) is 3.66. The highest BCUT2D eigenvalue weighted by Crippen LogP contribution is 2.25. The summed E-state index contributed by atoms with van der Waals surface area (Å²) in [6.45, 7) is 4.27. The first kappa shape index (κ1) is 18.8. The Labute approximate surface area is 179 Å². The lowest BCUT2D eigenvalue weighted by Gasteiger charge is -2.34. The molecule has 8 heteroatoms. The number of anilines is 3. The van der Waals surface area contributed by atoms with E-state index in [0.29, 0.717) is 16.8 Å². The highest BCUT2D eigenvalue weighted by molar-refractivity contribution is 6.32. The summed E-state index contributed by atoms with van der Waals surface area (Å²) in [7, 11) is 2.16. The molecular weight excluding hydrogens is 398 g/mol. The maximum absolute atomic E-state index is 6.39. The third-order valence-corrected chi connectivity index (χ3v) is 5.66. The number of fused-ring (bicyclic) bond motifs is 1. The molecule has 0 atom stereocenters. The number of aromatic nitrogens is 4. The van der Waals surface area contributed by atoms with Crippen LogP contribution in [0.2, 0.25) is 5.02 Å². The molecule has 3 heterocycles. The molecule has 30 heavy (non-hydrogen) atoms. The van der Waals surface area contributed by atoms with Crippen LogP contribution in [-0.4, -0.2) is 57.9 Å². The standard InChI is InChI=1S/C22H22ClN7/c1-28-10-12-29(13-11-28)18-8-6-17(7-9-18)26-22-24-15-19(23)21(27-22)30-20-5-3-2-4-16(20)14-25-30/h2-9,14-15H,10-13H2,1H3,(H,24,26,27). The Balaban J connectivity index is 1.37. The van der Waals surface area contributed by atoms with Crippen LogP contribution in [0.15, 0.2) is 60.9 Å². The number of hydrogen-bond acceptors (Lipinski definition) is 6. The molecule has 1 N–H and O–H groups in total. The van der Waals surface area contributed by atoms with Crippen LogP contribution in [-0.2, 0) is 0 Å². The van der Waals surface area contributed by atoms with Gasteiger partial charge in [-0.15, -0.1) is 0 Å². The lowest BCUT2D eigenvalue weighted by Crippen LogP contribution is -2.44. The van der Waals surface area contributed by atoms with Crippen LogP contribution in [0.25, 0.3) is 16.7 Å². The van der Waals surface area contributed by atoms with Gasteiger partial charge in [0.05, 0.1) is 17.9 Å². The third kappa shape index (κ3) is 3.69. The van der Waals surface area contributed by atoms with Gasteiger partial charge in [0.1, 0.15) is 5.02 Å². The average molecular weight is 420 g/mol. The topological polar surface area (TPSA) is 62.1 Å². The molecule has 1 saturated heterocycles. The van der Waals surface area contributed by atoms with E-state index in [9.17, 15) is 0 Å². The van der Waals surface area contributed by atoms with Crippen LogP contribution in [0.3, 0.4) is 0 Å². The maximum atomic E-state index is 6.39. The van der Waals surface area contributed by atoms with Crippen molar-refractivity contribution in [2.24, 2.45) is 0 Å². The predicted molar refractivity (Wildman–Crippen MR) is 121 cm³/mol. The summed E-state index contributed by atoms with van der Waals surface area (Å²) in [4.78, 5) is 13.7. The van der Waals surface area contributed by atoms with Crippen LogP contribution in [0.5, 0.6) is 0 Å². The minimum Gasteiger partial charge on any atom is -0.369 e. The van der Waals surface area contributed by atoms with E-state index in [1.165, 1.54) is 5.69 Å². The second kappa shape index (κ2) is 7.93. The number of halogens is 1. The van der Waals surface area contributed by atoms with Crippen LogP contribution >= 0.6 is 11.6 Å². The van der Waals surface area contributed by atoms with E-state index in [1.807, 2.05) is 24.3 Å². The van der Waals surface area contributed by atoms with Gasteiger partial charge in [-0.3, -0.25) is 0 Å². The maximum Gasteiger partial charge on any atom is 0.229 e. The van der Waals surface area contributed by atoms with Crippen LogP contribution in [0.1, 0.15) is 0 Å². The number of nitrogens with zero attached hydrogens (tertiary/aromatic N) is 6. The Morgan fingerprint density at radius 2 is 1.70 bits per heavy atom. The molecule has 5 rings (SSSR count). The van der Waals surface area contributed by atoms with Gasteiger partial charge in [0, 0.05) is 42.9 Å². The minimum atomic E-state index is 0.444. The average Bonchev–Trinajstić information content (AvgIpc) is 3.20. The summed E-state index contributed by atoms with van der Waals surface area (Å²) in [5.41, 5.74) is 3.10. The Morgan fingerprint density at radius 1 is 0.933 bits per heavy atom. The molecule has 1 aliphatic heterocycles. The number of likely N-dealkylation sites (N-methyl/N-ethyl adjacent to an activating group) is 1. The van der Waals surface area contributed by atoms with Gasteiger partial charge in [-0.05, 0) is 37.4 Å².